The smallest absolute Gasteiger partial charge is 0.330 e. The van der Waals surface area contributed by atoms with Crippen LogP contribution in [0.3, 0.4) is 0 Å². The van der Waals surface area contributed by atoms with Crippen molar-refractivity contribution < 1.29 is 18.7 Å². The summed E-state index contributed by atoms with van der Waals surface area (Å²) in [5.74, 6) is -0.958. The first kappa shape index (κ1) is 17.9. The lowest BCUT2D eigenvalue weighted by molar-refractivity contribution is -0.137. The lowest BCUT2D eigenvalue weighted by Crippen LogP contribution is -2.05. The van der Waals surface area contributed by atoms with Gasteiger partial charge in [-0.05, 0) is 48.9 Å². The predicted octanol–water partition coefficient (Wildman–Crippen LogP) is 4.65. The largest absolute Gasteiger partial charge is 0.463 e. The molecule has 132 valence electrons. The van der Waals surface area contributed by atoms with E-state index in [4.69, 9.17) is 4.74 Å². The van der Waals surface area contributed by atoms with Gasteiger partial charge < -0.3 is 4.74 Å². The highest BCUT2D eigenvalue weighted by Gasteiger charge is 2.07. The van der Waals surface area contributed by atoms with Crippen molar-refractivity contribution in [1.82, 2.24) is 4.98 Å². The summed E-state index contributed by atoms with van der Waals surface area (Å²) in [6.45, 7) is 0.149. The van der Waals surface area contributed by atoms with Crippen LogP contribution in [-0.2, 0) is 9.53 Å². The minimum absolute atomic E-state index is 0.105. The van der Waals surface area contributed by atoms with Gasteiger partial charge in [0.25, 0.3) is 0 Å². The highest BCUT2D eigenvalue weighted by molar-refractivity contribution is 7.19. The van der Waals surface area contributed by atoms with Crippen LogP contribution in [0.5, 0.6) is 0 Å². The molecule has 3 aromatic rings. The fraction of sp³-hybridized carbons (Fsp3) is 0.150. The fourth-order valence-electron chi connectivity index (χ4n) is 2.33. The summed E-state index contributed by atoms with van der Waals surface area (Å²) in [6.07, 6.45) is 3.60. The average Bonchev–Trinajstić information content (AvgIpc) is 3.07. The van der Waals surface area contributed by atoms with Gasteiger partial charge in [0.2, 0.25) is 0 Å². The molecule has 0 spiro atoms. The van der Waals surface area contributed by atoms with E-state index in [0.29, 0.717) is 12.0 Å². The van der Waals surface area contributed by atoms with E-state index in [2.05, 4.69) is 4.98 Å². The summed E-state index contributed by atoms with van der Waals surface area (Å²) in [7, 11) is 0. The van der Waals surface area contributed by atoms with Crippen molar-refractivity contribution in [3.8, 4) is 0 Å². The van der Waals surface area contributed by atoms with Crippen molar-refractivity contribution in [3.05, 3.63) is 71.0 Å². The molecule has 1 heterocycles. The molecule has 0 unspecified atom stereocenters. The van der Waals surface area contributed by atoms with Crippen LogP contribution < -0.4 is 0 Å². The SMILES string of the molecule is O=C(/C=C/c1nc2ccccc2s1)OCCCC(=O)c1ccc(F)cc1. The zero-order chi connectivity index (χ0) is 18.4. The number of fused-ring (bicyclic) bond motifs is 1. The Morgan fingerprint density at radius 3 is 2.65 bits per heavy atom. The molecule has 0 radical (unpaired) electrons. The first-order valence-corrected chi connectivity index (χ1v) is 8.92. The van der Waals surface area contributed by atoms with Crippen molar-refractivity contribution in [2.75, 3.05) is 6.61 Å². The Labute approximate surface area is 153 Å². The van der Waals surface area contributed by atoms with E-state index >= 15 is 0 Å². The number of carbonyl (C=O) groups is 2. The monoisotopic (exact) mass is 369 g/mol. The lowest BCUT2D eigenvalue weighted by atomic mass is 10.1. The van der Waals surface area contributed by atoms with Crippen LogP contribution in [0, 0.1) is 5.82 Å². The summed E-state index contributed by atoms with van der Waals surface area (Å²) in [5, 5.41) is 0.731. The zero-order valence-electron chi connectivity index (χ0n) is 13.9. The maximum atomic E-state index is 12.8. The third-order valence-corrected chi connectivity index (χ3v) is 4.63. The van der Waals surface area contributed by atoms with Gasteiger partial charge >= 0.3 is 5.97 Å². The van der Waals surface area contributed by atoms with Crippen LogP contribution >= 0.6 is 11.3 Å². The van der Waals surface area contributed by atoms with Gasteiger partial charge in [-0.25, -0.2) is 14.2 Å². The van der Waals surface area contributed by atoms with Crippen LogP contribution in [0.2, 0.25) is 0 Å². The van der Waals surface area contributed by atoms with E-state index in [9.17, 15) is 14.0 Å². The second kappa shape index (κ2) is 8.49. The number of benzene rings is 2. The summed E-state index contributed by atoms with van der Waals surface area (Å²) >= 11 is 1.49. The Bertz CT molecular complexity index is 914. The van der Waals surface area contributed by atoms with Gasteiger partial charge in [-0.1, -0.05) is 12.1 Å². The number of esters is 1. The number of para-hydroxylation sites is 1. The molecule has 0 saturated heterocycles. The van der Waals surface area contributed by atoms with E-state index in [1.165, 1.54) is 41.7 Å². The first-order chi connectivity index (χ1) is 12.6. The summed E-state index contributed by atoms with van der Waals surface area (Å²) in [4.78, 5) is 28.0. The Kier molecular flexibility index (Phi) is 5.86. The zero-order valence-corrected chi connectivity index (χ0v) is 14.7. The molecular weight excluding hydrogens is 353 g/mol. The Morgan fingerprint density at radius 2 is 1.88 bits per heavy atom. The van der Waals surface area contributed by atoms with Gasteiger partial charge in [-0.15, -0.1) is 11.3 Å². The number of rotatable bonds is 7. The summed E-state index contributed by atoms with van der Waals surface area (Å²) < 4.78 is 19.0. The van der Waals surface area contributed by atoms with Crippen molar-refractivity contribution in [2.45, 2.75) is 12.8 Å². The Balaban J connectivity index is 1.42. The number of Topliss-reactive ketones (excluding diaryl/α,β-unsaturated/α-hetero) is 1. The number of carbonyl (C=O) groups excluding carboxylic acids is 2. The van der Waals surface area contributed by atoms with Gasteiger partial charge in [-0.2, -0.15) is 0 Å². The number of hydrogen-bond acceptors (Lipinski definition) is 5. The Hall–Kier alpha value is -2.86. The van der Waals surface area contributed by atoms with Gasteiger partial charge in [0.15, 0.2) is 5.78 Å². The molecular formula is C20H16FNO3S. The fourth-order valence-corrected chi connectivity index (χ4v) is 3.20. The standard InChI is InChI=1S/C20H16FNO3S/c21-15-9-7-14(8-10-15)17(23)5-3-13-25-20(24)12-11-19-22-16-4-1-2-6-18(16)26-19/h1-2,4,6-12H,3,5,13H2/b12-11+. The number of ether oxygens (including phenoxy) is 1. The highest BCUT2D eigenvalue weighted by Crippen LogP contribution is 2.22. The van der Waals surface area contributed by atoms with Gasteiger partial charge in [0, 0.05) is 18.1 Å². The lowest BCUT2D eigenvalue weighted by Gasteiger charge is -2.02. The second-order valence-electron chi connectivity index (χ2n) is 5.55. The quantitative estimate of drug-likeness (QED) is 0.263. The molecule has 0 aliphatic carbocycles. The van der Waals surface area contributed by atoms with Crippen LogP contribution in [0.25, 0.3) is 16.3 Å². The topological polar surface area (TPSA) is 56.3 Å². The molecule has 26 heavy (non-hydrogen) atoms. The van der Waals surface area contributed by atoms with E-state index in [1.54, 1.807) is 6.08 Å². The van der Waals surface area contributed by atoms with E-state index in [0.717, 1.165) is 15.2 Å². The number of ketones is 1. The van der Waals surface area contributed by atoms with Crippen LogP contribution in [0.4, 0.5) is 4.39 Å². The van der Waals surface area contributed by atoms with Crippen LogP contribution in [0.1, 0.15) is 28.2 Å². The number of aromatic nitrogens is 1. The molecule has 0 saturated carbocycles. The van der Waals surface area contributed by atoms with E-state index in [1.807, 2.05) is 24.3 Å². The number of hydrogen-bond donors (Lipinski definition) is 0. The number of halogens is 1. The highest BCUT2D eigenvalue weighted by atomic mass is 32.1. The maximum Gasteiger partial charge on any atom is 0.330 e. The molecule has 0 N–H and O–H groups in total. The molecule has 2 aromatic carbocycles. The predicted molar refractivity (Wildman–Crippen MR) is 99.6 cm³/mol. The van der Waals surface area contributed by atoms with Crippen LogP contribution in [-0.4, -0.2) is 23.3 Å². The molecule has 4 nitrogen and oxygen atoms in total. The molecule has 0 fully saturated rings. The second-order valence-corrected chi connectivity index (χ2v) is 6.62. The van der Waals surface area contributed by atoms with Crippen molar-refractivity contribution >= 4 is 39.4 Å². The summed E-state index contributed by atoms with van der Waals surface area (Å²) in [5.41, 5.74) is 1.35. The normalized spacial score (nSPS) is 11.1. The number of nitrogens with zero attached hydrogens (tertiary/aromatic N) is 1. The molecule has 6 heteroatoms. The number of thiazole rings is 1. The van der Waals surface area contributed by atoms with Gasteiger partial charge in [-0.3, -0.25) is 4.79 Å². The maximum absolute atomic E-state index is 12.8. The van der Waals surface area contributed by atoms with E-state index < -0.39 is 5.97 Å². The third kappa shape index (κ3) is 4.83. The minimum atomic E-state index is -0.474. The van der Waals surface area contributed by atoms with Crippen LogP contribution in [0.15, 0.2) is 54.6 Å². The van der Waals surface area contributed by atoms with Gasteiger partial charge in [0.05, 0.1) is 16.8 Å². The molecule has 3 rings (SSSR count). The molecule has 0 aliphatic rings. The molecule has 0 aliphatic heterocycles. The molecule has 0 atom stereocenters. The molecule has 0 bridgehead atoms. The molecule has 0 amide bonds. The minimum Gasteiger partial charge on any atom is -0.463 e. The third-order valence-electron chi connectivity index (χ3n) is 3.63. The first-order valence-electron chi connectivity index (χ1n) is 8.11. The molecule has 1 aromatic heterocycles. The average molecular weight is 369 g/mol. The van der Waals surface area contributed by atoms with Crippen molar-refractivity contribution in [1.29, 1.82) is 0 Å². The van der Waals surface area contributed by atoms with E-state index in [-0.39, 0.29) is 24.6 Å². The van der Waals surface area contributed by atoms with Crippen molar-refractivity contribution in [3.63, 3.8) is 0 Å². The summed E-state index contributed by atoms with van der Waals surface area (Å²) in [6, 6.07) is 13.1. The van der Waals surface area contributed by atoms with Gasteiger partial charge in [0.1, 0.15) is 10.8 Å². The Morgan fingerprint density at radius 1 is 1.12 bits per heavy atom. The van der Waals surface area contributed by atoms with Crippen molar-refractivity contribution in [2.24, 2.45) is 0 Å².